The van der Waals surface area contributed by atoms with Crippen LogP contribution < -0.4 is 11.5 Å². The molecule has 5 nitrogen and oxygen atoms in total. The number of imidazole rings is 1. The number of benzene rings is 2. The van der Waals surface area contributed by atoms with E-state index >= 15 is 0 Å². The smallest absolute Gasteiger partial charge is 0.126 e. The first-order chi connectivity index (χ1) is 13.9. The van der Waals surface area contributed by atoms with Crippen molar-refractivity contribution in [3.05, 3.63) is 69.0 Å². The van der Waals surface area contributed by atoms with Crippen molar-refractivity contribution < 1.29 is 0 Å². The molecule has 3 rings (SSSR count). The van der Waals surface area contributed by atoms with Crippen molar-refractivity contribution in [2.24, 2.45) is 5.73 Å². The second kappa shape index (κ2) is 9.89. The van der Waals surface area contributed by atoms with Gasteiger partial charge in [0.25, 0.3) is 0 Å². The molecule has 0 spiro atoms. The van der Waals surface area contributed by atoms with Crippen LogP contribution in [0.2, 0.25) is 0 Å². The highest BCUT2D eigenvalue weighted by molar-refractivity contribution is 9.11. The highest BCUT2D eigenvalue weighted by Gasteiger charge is 2.19. The molecule has 2 aromatic carbocycles. The van der Waals surface area contributed by atoms with E-state index in [9.17, 15) is 0 Å². The van der Waals surface area contributed by atoms with E-state index in [1.165, 1.54) is 0 Å². The van der Waals surface area contributed by atoms with Crippen LogP contribution in [-0.4, -0.2) is 35.1 Å². The van der Waals surface area contributed by atoms with E-state index in [2.05, 4.69) is 79.7 Å². The average Bonchev–Trinajstić information content (AvgIpc) is 3.10. The van der Waals surface area contributed by atoms with Crippen molar-refractivity contribution in [2.75, 3.05) is 26.4 Å². The van der Waals surface area contributed by atoms with Gasteiger partial charge in [-0.3, -0.25) is 0 Å². The first-order valence-electron chi connectivity index (χ1n) is 9.61. The van der Waals surface area contributed by atoms with Crippen LogP contribution in [0.4, 0.5) is 5.69 Å². The van der Waals surface area contributed by atoms with Gasteiger partial charge in [-0.1, -0.05) is 30.3 Å². The van der Waals surface area contributed by atoms with Crippen molar-refractivity contribution >= 4 is 37.5 Å². The Balaban J connectivity index is 1.90. The van der Waals surface area contributed by atoms with Crippen LogP contribution in [0.3, 0.4) is 0 Å². The van der Waals surface area contributed by atoms with Crippen molar-refractivity contribution in [1.29, 1.82) is 0 Å². The highest BCUT2D eigenvalue weighted by atomic mass is 79.9. The van der Waals surface area contributed by atoms with E-state index in [-0.39, 0.29) is 6.04 Å². The summed E-state index contributed by atoms with van der Waals surface area (Å²) in [5.41, 5.74) is 16.7. The van der Waals surface area contributed by atoms with Crippen molar-refractivity contribution in [1.82, 2.24) is 14.5 Å². The number of halogens is 2. The van der Waals surface area contributed by atoms with Gasteiger partial charge in [0.2, 0.25) is 0 Å². The predicted octanol–water partition coefficient (Wildman–Crippen LogP) is 4.85. The van der Waals surface area contributed by atoms with Crippen LogP contribution in [0, 0.1) is 0 Å². The molecular formula is C22H27Br2N5. The number of nitrogen functional groups attached to an aromatic ring is 1. The van der Waals surface area contributed by atoms with Crippen molar-refractivity contribution in [3.63, 3.8) is 0 Å². The fourth-order valence-corrected chi connectivity index (χ4v) is 4.69. The molecule has 154 valence electrons. The summed E-state index contributed by atoms with van der Waals surface area (Å²) < 4.78 is 4.01. The van der Waals surface area contributed by atoms with Gasteiger partial charge in [0.05, 0.1) is 23.6 Å². The summed E-state index contributed by atoms with van der Waals surface area (Å²) in [5.74, 6) is 0.909. The molecule has 1 heterocycles. The summed E-state index contributed by atoms with van der Waals surface area (Å²) in [6.45, 7) is 1.89. The van der Waals surface area contributed by atoms with Gasteiger partial charge in [0.15, 0.2) is 0 Å². The zero-order valence-corrected chi connectivity index (χ0v) is 19.9. The summed E-state index contributed by atoms with van der Waals surface area (Å²) in [6.07, 6.45) is 3.65. The van der Waals surface area contributed by atoms with E-state index in [1.54, 1.807) is 0 Å². The summed E-state index contributed by atoms with van der Waals surface area (Å²) in [7, 11) is 4.19. The topological polar surface area (TPSA) is 73.1 Å². The van der Waals surface area contributed by atoms with Gasteiger partial charge in [-0.2, -0.15) is 0 Å². The van der Waals surface area contributed by atoms with Crippen LogP contribution in [0.25, 0.3) is 11.3 Å². The third-order valence-corrected chi connectivity index (χ3v) is 6.18. The molecule has 0 fully saturated rings. The molecule has 0 saturated carbocycles. The zero-order valence-electron chi connectivity index (χ0n) is 16.8. The second-order valence-electron chi connectivity index (χ2n) is 7.46. The standard InChI is InChI=1S/C22H27Br2N5/c1-28(2)9-6-10-29-20(16-7-4-3-5-8-16)14-27-22(29)19(25)13-15-11-17(23)21(26)18(24)12-15/h3-5,7-8,11-12,14,19H,6,9-10,13,25-26H2,1-2H3. The molecule has 3 aromatic rings. The normalized spacial score (nSPS) is 12.5. The fraction of sp³-hybridized carbons (Fsp3) is 0.318. The Hall–Kier alpha value is -1.67. The summed E-state index contributed by atoms with van der Waals surface area (Å²) in [5, 5.41) is 0. The monoisotopic (exact) mass is 519 g/mol. The number of aromatic nitrogens is 2. The molecule has 1 unspecified atom stereocenters. The summed E-state index contributed by atoms with van der Waals surface area (Å²) in [4.78, 5) is 6.92. The maximum Gasteiger partial charge on any atom is 0.126 e. The number of rotatable bonds is 8. The van der Waals surface area contributed by atoms with Crippen LogP contribution in [-0.2, 0) is 13.0 Å². The molecule has 0 aliphatic heterocycles. The molecular weight excluding hydrogens is 494 g/mol. The lowest BCUT2D eigenvalue weighted by Gasteiger charge is -2.18. The van der Waals surface area contributed by atoms with Gasteiger partial charge < -0.3 is 20.9 Å². The number of nitrogens with zero attached hydrogens (tertiary/aromatic N) is 3. The van der Waals surface area contributed by atoms with Gasteiger partial charge in [-0.15, -0.1) is 0 Å². The molecule has 1 atom stereocenters. The Morgan fingerprint density at radius 2 is 1.76 bits per heavy atom. The number of hydrogen-bond donors (Lipinski definition) is 2. The largest absolute Gasteiger partial charge is 0.397 e. The Kier molecular flexibility index (Phi) is 7.51. The Labute approximate surface area is 189 Å². The molecule has 0 aliphatic carbocycles. The number of hydrogen-bond acceptors (Lipinski definition) is 4. The molecule has 1 aromatic heterocycles. The van der Waals surface area contributed by atoms with Gasteiger partial charge in [0, 0.05) is 15.5 Å². The molecule has 0 bridgehead atoms. The van der Waals surface area contributed by atoms with E-state index in [0.29, 0.717) is 12.1 Å². The van der Waals surface area contributed by atoms with Crippen LogP contribution >= 0.6 is 31.9 Å². The van der Waals surface area contributed by atoms with Gasteiger partial charge in [-0.25, -0.2) is 4.98 Å². The molecule has 0 saturated heterocycles. The van der Waals surface area contributed by atoms with Gasteiger partial charge in [-0.05, 0) is 88.6 Å². The minimum absolute atomic E-state index is 0.214. The predicted molar refractivity (Wildman–Crippen MR) is 128 cm³/mol. The lowest BCUT2D eigenvalue weighted by molar-refractivity contribution is 0.383. The lowest BCUT2D eigenvalue weighted by atomic mass is 10.1. The van der Waals surface area contributed by atoms with Crippen molar-refractivity contribution in [3.8, 4) is 11.3 Å². The third kappa shape index (κ3) is 5.48. The Bertz CT molecular complexity index is 930. The maximum absolute atomic E-state index is 6.63. The molecule has 0 aliphatic rings. The third-order valence-electron chi connectivity index (χ3n) is 4.87. The van der Waals surface area contributed by atoms with Crippen LogP contribution in [0.5, 0.6) is 0 Å². The quantitative estimate of drug-likeness (QED) is 0.416. The molecule has 4 N–H and O–H groups in total. The average molecular weight is 521 g/mol. The first-order valence-corrected chi connectivity index (χ1v) is 11.2. The number of anilines is 1. The van der Waals surface area contributed by atoms with Crippen LogP contribution in [0.15, 0.2) is 57.6 Å². The molecule has 0 radical (unpaired) electrons. The lowest BCUT2D eigenvalue weighted by Crippen LogP contribution is -2.21. The minimum Gasteiger partial charge on any atom is -0.397 e. The summed E-state index contributed by atoms with van der Waals surface area (Å²) >= 11 is 7.04. The summed E-state index contributed by atoms with van der Waals surface area (Å²) in [6, 6.07) is 14.2. The molecule has 0 amide bonds. The number of nitrogens with two attached hydrogens (primary N) is 2. The van der Waals surface area contributed by atoms with E-state index in [4.69, 9.17) is 16.5 Å². The Morgan fingerprint density at radius 1 is 1.10 bits per heavy atom. The Morgan fingerprint density at radius 3 is 2.38 bits per heavy atom. The SMILES string of the molecule is CN(C)CCCn1c(-c2ccccc2)cnc1C(N)Cc1cc(Br)c(N)c(Br)c1. The molecule has 29 heavy (non-hydrogen) atoms. The molecule has 7 heteroatoms. The highest BCUT2D eigenvalue weighted by Crippen LogP contribution is 2.31. The van der Waals surface area contributed by atoms with E-state index < -0.39 is 0 Å². The second-order valence-corrected chi connectivity index (χ2v) is 9.17. The van der Waals surface area contributed by atoms with Gasteiger partial charge >= 0.3 is 0 Å². The fourth-order valence-electron chi connectivity index (χ4n) is 3.41. The van der Waals surface area contributed by atoms with Crippen molar-refractivity contribution in [2.45, 2.75) is 25.4 Å². The maximum atomic E-state index is 6.63. The first kappa shape index (κ1) is 22.0. The zero-order chi connectivity index (χ0) is 21.0. The van der Waals surface area contributed by atoms with Gasteiger partial charge in [0.1, 0.15) is 5.82 Å². The van der Waals surface area contributed by atoms with E-state index in [0.717, 1.165) is 51.1 Å². The van der Waals surface area contributed by atoms with Crippen LogP contribution in [0.1, 0.15) is 23.9 Å². The van der Waals surface area contributed by atoms with E-state index in [1.807, 2.05) is 24.4 Å². The minimum atomic E-state index is -0.214.